The zero-order valence-corrected chi connectivity index (χ0v) is 9.24. The van der Waals surface area contributed by atoms with E-state index in [2.05, 4.69) is 5.32 Å². The van der Waals surface area contributed by atoms with Gasteiger partial charge in [-0.2, -0.15) is 0 Å². The molecule has 2 heterocycles. The number of carbonyl (C=O) groups is 1. The summed E-state index contributed by atoms with van der Waals surface area (Å²) < 4.78 is 4.93. The molecule has 0 saturated heterocycles. The summed E-state index contributed by atoms with van der Waals surface area (Å²) in [6, 6.07) is 6.91. The summed E-state index contributed by atoms with van der Waals surface area (Å²) in [6.07, 6.45) is 0.767. The third-order valence-corrected chi connectivity index (χ3v) is 3.05. The lowest BCUT2D eigenvalue weighted by Gasteiger charge is -2.08. The molecule has 1 atom stereocenters. The molecule has 5 heteroatoms. The number of amides is 1. The SMILES string of the molecule is O=C(NCC(O)c1cccs1)c1ccco1. The second kappa shape index (κ2) is 4.96. The number of hydrogen-bond donors (Lipinski definition) is 2. The molecule has 2 rings (SSSR count). The third kappa shape index (κ3) is 2.50. The fourth-order valence-corrected chi connectivity index (χ4v) is 1.98. The van der Waals surface area contributed by atoms with Crippen LogP contribution in [-0.2, 0) is 0 Å². The quantitative estimate of drug-likeness (QED) is 0.852. The van der Waals surface area contributed by atoms with Crippen molar-refractivity contribution in [3.8, 4) is 0 Å². The van der Waals surface area contributed by atoms with E-state index in [-0.39, 0.29) is 18.2 Å². The molecule has 0 aliphatic carbocycles. The van der Waals surface area contributed by atoms with Crippen LogP contribution in [0.2, 0.25) is 0 Å². The number of rotatable bonds is 4. The first-order chi connectivity index (χ1) is 7.77. The van der Waals surface area contributed by atoms with Gasteiger partial charge in [0.2, 0.25) is 0 Å². The Bertz CT molecular complexity index is 436. The largest absolute Gasteiger partial charge is 0.459 e. The summed E-state index contributed by atoms with van der Waals surface area (Å²) in [5, 5.41) is 14.2. The molecule has 84 valence electrons. The summed E-state index contributed by atoms with van der Waals surface area (Å²) >= 11 is 1.46. The maximum absolute atomic E-state index is 11.5. The smallest absolute Gasteiger partial charge is 0.287 e. The molecule has 2 aromatic rings. The van der Waals surface area contributed by atoms with Gasteiger partial charge in [0.05, 0.1) is 6.26 Å². The highest BCUT2D eigenvalue weighted by atomic mass is 32.1. The maximum atomic E-state index is 11.5. The van der Waals surface area contributed by atoms with Crippen molar-refractivity contribution < 1.29 is 14.3 Å². The summed E-state index contributed by atoms with van der Waals surface area (Å²) in [6.45, 7) is 0.181. The standard InChI is InChI=1S/C11H11NO3S/c13-8(10-4-2-6-16-10)7-12-11(14)9-3-1-5-15-9/h1-6,8,13H,7H2,(H,12,14). The number of thiophene rings is 1. The molecule has 0 fully saturated rings. The van der Waals surface area contributed by atoms with Gasteiger partial charge in [-0.05, 0) is 23.6 Å². The van der Waals surface area contributed by atoms with Gasteiger partial charge in [0, 0.05) is 11.4 Å². The van der Waals surface area contributed by atoms with Gasteiger partial charge < -0.3 is 14.8 Å². The van der Waals surface area contributed by atoms with Crippen molar-refractivity contribution in [1.29, 1.82) is 0 Å². The fourth-order valence-electron chi connectivity index (χ4n) is 1.27. The highest BCUT2D eigenvalue weighted by Crippen LogP contribution is 2.17. The Labute approximate surface area is 96.5 Å². The summed E-state index contributed by atoms with van der Waals surface area (Å²) in [5.41, 5.74) is 0. The molecular weight excluding hydrogens is 226 g/mol. The molecule has 2 N–H and O–H groups in total. The van der Waals surface area contributed by atoms with E-state index in [9.17, 15) is 9.90 Å². The fraction of sp³-hybridized carbons (Fsp3) is 0.182. The third-order valence-electron chi connectivity index (χ3n) is 2.07. The Morgan fingerprint density at radius 2 is 2.38 bits per heavy atom. The van der Waals surface area contributed by atoms with Crippen molar-refractivity contribution in [2.24, 2.45) is 0 Å². The van der Waals surface area contributed by atoms with Crippen LogP contribution in [0.3, 0.4) is 0 Å². The van der Waals surface area contributed by atoms with E-state index in [1.165, 1.54) is 17.6 Å². The summed E-state index contributed by atoms with van der Waals surface area (Å²) in [7, 11) is 0. The minimum atomic E-state index is -0.668. The first kappa shape index (κ1) is 10.9. The van der Waals surface area contributed by atoms with Gasteiger partial charge in [-0.25, -0.2) is 0 Å². The van der Waals surface area contributed by atoms with E-state index in [0.29, 0.717) is 0 Å². The van der Waals surface area contributed by atoms with Crippen molar-refractivity contribution in [3.63, 3.8) is 0 Å². The van der Waals surface area contributed by atoms with Gasteiger partial charge in [-0.3, -0.25) is 4.79 Å². The van der Waals surface area contributed by atoms with Gasteiger partial charge in [-0.1, -0.05) is 6.07 Å². The van der Waals surface area contributed by atoms with Gasteiger partial charge in [0.1, 0.15) is 6.10 Å². The van der Waals surface area contributed by atoms with E-state index in [0.717, 1.165) is 4.88 Å². The Kier molecular flexibility index (Phi) is 3.38. The number of furan rings is 1. The lowest BCUT2D eigenvalue weighted by molar-refractivity contribution is 0.0890. The van der Waals surface area contributed by atoms with Crippen molar-refractivity contribution in [3.05, 3.63) is 46.5 Å². The predicted octanol–water partition coefficient (Wildman–Crippen LogP) is 1.80. The first-order valence-corrected chi connectivity index (χ1v) is 5.68. The molecule has 0 aliphatic rings. The average molecular weight is 237 g/mol. The van der Waals surface area contributed by atoms with Crippen LogP contribution in [0.4, 0.5) is 0 Å². The molecule has 0 bridgehead atoms. The predicted molar refractivity (Wildman–Crippen MR) is 60.3 cm³/mol. The molecular formula is C11H11NO3S. The van der Waals surface area contributed by atoms with E-state index < -0.39 is 6.10 Å². The van der Waals surface area contributed by atoms with Gasteiger partial charge >= 0.3 is 0 Å². The lowest BCUT2D eigenvalue weighted by atomic mass is 10.3. The molecule has 2 aromatic heterocycles. The average Bonchev–Trinajstić information content (AvgIpc) is 2.95. The van der Waals surface area contributed by atoms with Crippen molar-refractivity contribution in [2.45, 2.75) is 6.10 Å². The minimum absolute atomic E-state index is 0.181. The van der Waals surface area contributed by atoms with Gasteiger partial charge in [0.25, 0.3) is 5.91 Å². The number of carbonyl (C=O) groups excluding carboxylic acids is 1. The Hall–Kier alpha value is -1.59. The van der Waals surface area contributed by atoms with Crippen LogP contribution < -0.4 is 5.32 Å². The van der Waals surface area contributed by atoms with Crippen LogP contribution in [0.25, 0.3) is 0 Å². The van der Waals surface area contributed by atoms with Crippen LogP contribution >= 0.6 is 11.3 Å². The molecule has 1 amide bonds. The van der Waals surface area contributed by atoms with E-state index in [1.807, 2.05) is 17.5 Å². The second-order valence-electron chi connectivity index (χ2n) is 3.22. The van der Waals surface area contributed by atoms with Crippen molar-refractivity contribution in [2.75, 3.05) is 6.54 Å². The Morgan fingerprint density at radius 3 is 3.00 bits per heavy atom. The van der Waals surface area contributed by atoms with E-state index >= 15 is 0 Å². The molecule has 0 spiro atoms. The highest BCUT2D eigenvalue weighted by Gasteiger charge is 2.12. The number of aliphatic hydroxyl groups is 1. The molecule has 0 aromatic carbocycles. The zero-order chi connectivity index (χ0) is 11.4. The lowest BCUT2D eigenvalue weighted by Crippen LogP contribution is -2.27. The first-order valence-electron chi connectivity index (χ1n) is 4.80. The number of nitrogens with one attached hydrogen (secondary N) is 1. The zero-order valence-electron chi connectivity index (χ0n) is 8.42. The normalized spacial score (nSPS) is 12.3. The van der Waals surface area contributed by atoms with Gasteiger partial charge in [-0.15, -0.1) is 11.3 Å². The topological polar surface area (TPSA) is 62.5 Å². The van der Waals surface area contributed by atoms with E-state index in [1.54, 1.807) is 12.1 Å². The van der Waals surface area contributed by atoms with Gasteiger partial charge in [0.15, 0.2) is 5.76 Å². The number of aliphatic hydroxyl groups excluding tert-OH is 1. The summed E-state index contributed by atoms with van der Waals surface area (Å²) in [5.74, 6) is -0.0704. The van der Waals surface area contributed by atoms with Crippen LogP contribution in [0.15, 0.2) is 40.3 Å². The maximum Gasteiger partial charge on any atom is 0.287 e. The Balaban J connectivity index is 1.86. The van der Waals surface area contributed by atoms with Crippen molar-refractivity contribution in [1.82, 2.24) is 5.32 Å². The molecule has 0 radical (unpaired) electrons. The second-order valence-corrected chi connectivity index (χ2v) is 4.20. The highest BCUT2D eigenvalue weighted by molar-refractivity contribution is 7.10. The molecule has 0 aliphatic heterocycles. The molecule has 16 heavy (non-hydrogen) atoms. The van der Waals surface area contributed by atoms with Crippen LogP contribution in [0.1, 0.15) is 21.5 Å². The molecule has 4 nitrogen and oxygen atoms in total. The number of hydrogen-bond acceptors (Lipinski definition) is 4. The molecule has 1 unspecified atom stereocenters. The summed E-state index contributed by atoms with van der Waals surface area (Å²) in [4.78, 5) is 12.3. The van der Waals surface area contributed by atoms with Crippen LogP contribution in [-0.4, -0.2) is 17.6 Å². The minimum Gasteiger partial charge on any atom is -0.459 e. The van der Waals surface area contributed by atoms with Crippen molar-refractivity contribution >= 4 is 17.2 Å². The molecule has 0 saturated carbocycles. The van der Waals surface area contributed by atoms with Crippen LogP contribution in [0.5, 0.6) is 0 Å². The Morgan fingerprint density at radius 1 is 1.50 bits per heavy atom. The monoisotopic (exact) mass is 237 g/mol. The van der Waals surface area contributed by atoms with E-state index in [4.69, 9.17) is 4.42 Å². The van der Waals surface area contributed by atoms with Crippen LogP contribution in [0, 0.1) is 0 Å².